The standard InChI is InChI=1S/C40H24N6O/c1-3-11-27(12-4-1)43-34-22-20-26(24-35(34)45-32-17-9-8-16-30(32)41-39(43)45)25-19-21-33-31(23-25)42-40-44(28-13-5-2-6-14-28)38-37(46(33)40)29-15-7-10-18-36(29)47-38/h1-24H. The molecule has 11 aromatic rings. The molecule has 0 aliphatic carbocycles. The van der Waals surface area contributed by atoms with Crippen LogP contribution < -0.4 is 0 Å². The lowest BCUT2D eigenvalue weighted by Gasteiger charge is -2.06. The van der Waals surface area contributed by atoms with E-state index in [0.29, 0.717) is 0 Å². The average Bonchev–Trinajstić information content (AvgIpc) is 3.91. The molecular weight excluding hydrogens is 580 g/mol. The Bertz CT molecular complexity index is 3010. The molecule has 0 amide bonds. The molecule has 0 radical (unpaired) electrons. The monoisotopic (exact) mass is 604 g/mol. The minimum Gasteiger partial charge on any atom is -0.437 e. The molecule has 7 nitrogen and oxygen atoms in total. The first kappa shape index (κ1) is 24.7. The Morgan fingerprint density at radius 2 is 1.06 bits per heavy atom. The zero-order valence-electron chi connectivity index (χ0n) is 24.9. The minimum atomic E-state index is 0.788. The van der Waals surface area contributed by atoms with E-state index in [-0.39, 0.29) is 0 Å². The quantitative estimate of drug-likeness (QED) is 0.202. The summed E-state index contributed by atoms with van der Waals surface area (Å²) in [7, 11) is 0. The van der Waals surface area contributed by atoms with Crippen molar-refractivity contribution in [1.82, 2.24) is 27.9 Å². The molecule has 220 valence electrons. The molecule has 0 N–H and O–H groups in total. The second kappa shape index (κ2) is 8.99. The van der Waals surface area contributed by atoms with Crippen LogP contribution in [0, 0.1) is 0 Å². The fraction of sp³-hybridized carbons (Fsp3) is 0. The zero-order chi connectivity index (χ0) is 30.6. The molecule has 0 saturated carbocycles. The second-order valence-electron chi connectivity index (χ2n) is 12.0. The predicted molar refractivity (Wildman–Crippen MR) is 188 cm³/mol. The smallest absolute Gasteiger partial charge is 0.232 e. The fourth-order valence-electron chi connectivity index (χ4n) is 7.32. The van der Waals surface area contributed by atoms with Crippen LogP contribution in [0.5, 0.6) is 0 Å². The summed E-state index contributed by atoms with van der Waals surface area (Å²) in [4.78, 5) is 10.3. The highest BCUT2D eigenvalue weighted by Crippen LogP contribution is 2.38. The Hall–Kier alpha value is -6.60. The summed E-state index contributed by atoms with van der Waals surface area (Å²) in [6.45, 7) is 0. The number of nitrogens with zero attached hydrogens (tertiary/aromatic N) is 6. The number of para-hydroxylation sites is 5. The van der Waals surface area contributed by atoms with Crippen molar-refractivity contribution < 1.29 is 4.42 Å². The number of hydrogen-bond donors (Lipinski definition) is 0. The molecular formula is C40H24N6O. The number of benzene rings is 6. The minimum absolute atomic E-state index is 0.788. The van der Waals surface area contributed by atoms with E-state index < -0.39 is 0 Å². The predicted octanol–water partition coefficient (Wildman–Crippen LogP) is 9.59. The van der Waals surface area contributed by atoms with Crippen molar-refractivity contribution in [3.8, 4) is 22.5 Å². The number of furan rings is 1. The van der Waals surface area contributed by atoms with Crippen molar-refractivity contribution in [2.24, 2.45) is 0 Å². The first-order valence-corrected chi connectivity index (χ1v) is 15.7. The second-order valence-corrected chi connectivity index (χ2v) is 12.0. The maximum absolute atomic E-state index is 6.45. The van der Waals surface area contributed by atoms with Crippen LogP contribution >= 0.6 is 0 Å². The van der Waals surface area contributed by atoms with Crippen LogP contribution in [0.25, 0.3) is 89.4 Å². The Morgan fingerprint density at radius 3 is 1.89 bits per heavy atom. The van der Waals surface area contributed by atoms with Gasteiger partial charge in [0.2, 0.25) is 17.3 Å². The van der Waals surface area contributed by atoms with Crippen LogP contribution in [-0.2, 0) is 0 Å². The van der Waals surface area contributed by atoms with Crippen LogP contribution in [0.3, 0.4) is 0 Å². The Balaban J connectivity index is 1.17. The lowest BCUT2D eigenvalue weighted by atomic mass is 10.0. The van der Waals surface area contributed by atoms with Gasteiger partial charge >= 0.3 is 0 Å². The topological polar surface area (TPSA) is 57.6 Å². The van der Waals surface area contributed by atoms with E-state index >= 15 is 0 Å². The van der Waals surface area contributed by atoms with Crippen LogP contribution in [0.1, 0.15) is 0 Å². The van der Waals surface area contributed by atoms with Crippen molar-refractivity contribution >= 4 is 66.9 Å². The Morgan fingerprint density at radius 1 is 0.447 bits per heavy atom. The van der Waals surface area contributed by atoms with E-state index in [1.54, 1.807) is 0 Å². The summed E-state index contributed by atoms with van der Waals surface area (Å²) < 4.78 is 15.3. The largest absolute Gasteiger partial charge is 0.437 e. The van der Waals surface area contributed by atoms with Gasteiger partial charge in [-0.1, -0.05) is 72.8 Å². The van der Waals surface area contributed by atoms with Crippen molar-refractivity contribution in [3.63, 3.8) is 0 Å². The number of hydrogen-bond acceptors (Lipinski definition) is 3. The van der Waals surface area contributed by atoms with Crippen molar-refractivity contribution in [1.29, 1.82) is 0 Å². The summed E-state index contributed by atoms with van der Waals surface area (Å²) in [5.41, 5.74) is 13.2. The molecule has 0 atom stereocenters. The first-order chi connectivity index (χ1) is 23.3. The van der Waals surface area contributed by atoms with E-state index in [4.69, 9.17) is 14.4 Å². The van der Waals surface area contributed by atoms with Gasteiger partial charge in [0.25, 0.3) is 0 Å². The van der Waals surface area contributed by atoms with Crippen LogP contribution in [0.2, 0.25) is 0 Å². The molecule has 5 heterocycles. The zero-order valence-corrected chi connectivity index (χ0v) is 24.9. The highest BCUT2D eigenvalue weighted by atomic mass is 16.3. The van der Waals surface area contributed by atoms with Gasteiger partial charge < -0.3 is 4.42 Å². The van der Waals surface area contributed by atoms with E-state index in [1.807, 2.05) is 42.5 Å². The maximum Gasteiger partial charge on any atom is 0.232 e. The van der Waals surface area contributed by atoms with Gasteiger partial charge in [-0.25, -0.2) is 14.5 Å². The van der Waals surface area contributed by atoms with Crippen molar-refractivity contribution in [2.75, 3.05) is 0 Å². The summed E-state index contributed by atoms with van der Waals surface area (Å²) in [6.07, 6.45) is 0. The van der Waals surface area contributed by atoms with Crippen molar-refractivity contribution in [2.45, 2.75) is 0 Å². The lowest BCUT2D eigenvalue weighted by molar-refractivity contribution is 0.645. The van der Waals surface area contributed by atoms with Crippen molar-refractivity contribution in [3.05, 3.63) is 146 Å². The highest BCUT2D eigenvalue weighted by Gasteiger charge is 2.23. The van der Waals surface area contributed by atoms with Gasteiger partial charge in [0.15, 0.2) is 0 Å². The molecule has 0 aliphatic heterocycles. The van der Waals surface area contributed by atoms with Gasteiger partial charge in [0.05, 0.1) is 38.8 Å². The summed E-state index contributed by atoms with van der Waals surface area (Å²) in [6, 6.07) is 50.6. The number of aromatic nitrogens is 6. The molecule has 47 heavy (non-hydrogen) atoms. The summed E-state index contributed by atoms with van der Waals surface area (Å²) in [5, 5.41) is 1.07. The molecule has 0 saturated heterocycles. The molecule has 0 aliphatic rings. The van der Waals surface area contributed by atoms with Crippen LogP contribution in [0.15, 0.2) is 150 Å². The lowest BCUT2D eigenvalue weighted by Crippen LogP contribution is -1.94. The fourth-order valence-corrected chi connectivity index (χ4v) is 7.32. The molecule has 0 unspecified atom stereocenters. The number of rotatable bonds is 3. The van der Waals surface area contributed by atoms with E-state index in [9.17, 15) is 0 Å². The third-order valence-electron chi connectivity index (χ3n) is 9.38. The average molecular weight is 605 g/mol. The molecule has 0 bridgehead atoms. The SMILES string of the molecule is c1ccc(-n2c3ccc(-c4ccc5c(c4)nc4n(-c6ccccc6)c6oc7ccccc7c6n54)cc3n3c4ccccc4nc23)cc1. The van der Waals surface area contributed by atoms with Crippen LogP contribution in [0.4, 0.5) is 0 Å². The van der Waals surface area contributed by atoms with Gasteiger partial charge in [-0.05, 0) is 83.9 Å². The molecule has 11 rings (SSSR count). The van der Waals surface area contributed by atoms with E-state index in [1.165, 1.54) is 0 Å². The Kier molecular flexibility index (Phi) is 4.72. The maximum atomic E-state index is 6.45. The van der Waals surface area contributed by atoms with E-state index in [2.05, 4.69) is 121 Å². The van der Waals surface area contributed by atoms with E-state index in [0.717, 1.165) is 89.4 Å². The molecule has 0 fully saturated rings. The summed E-state index contributed by atoms with van der Waals surface area (Å²) in [5.74, 6) is 1.72. The van der Waals surface area contributed by atoms with Crippen LogP contribution in [-0.4, -0.2) is 27.9 Å². The van der Waals surface area contributed by atoms with Gasteiger partial charge in [-0.3, -0.25) is 13.4 Å². The summed E-state index contributed by atoms with van der Waals surface area (Å²) >= 11 is 0. The first-order valence-electron chi connectivity index (χ1n) is 15.7. The molecule has 7 heteroatoms. The van der Waals surface area contributed by atoms with Gasteiger partial charge in [-0.15, -0.1) is 0 Å². The van der Waals surface area contributed by atoms with Gasteiger partial charge in [0.1, 0.15) is 11.1 Å². The molecule has 5 aromatic heterocycles. The van der Waals surface area contributed by atoms with Gasteiger partial charge in [-0.2, -0.15) is 0 Å². The molecule has 0 spiro atoms. The number of fused-ring (bicyclic) bond motifs is 12. The normalized spacial score (nSPS) is 12.3. The van der Waals surface area contributed by atoms with Gasteiger partial charge in [0, 0.05) is 11.1 Å². The third kappa shape index (κ3) is 3.29. The highest BCUT2D eigenvalue weighted by molar-refractivity contribution is 6.06. The third-order valence-corrected chi connectivity index (χ3v) is 9.38. The number of imidazole rings is 4. The molecule has 6 aromatic carbocycles. The Labute approximate surface area is 266 Å².